The highest BCUT2D eigenvalue weighted by Gasteiger charge is 2.05. The van der Waals surface area contributed by atoms with Gasteiger partial charge in [-0.25, -0.2) is 0 Å². The molecule has 0 fully saturated rings. The monoisotopic (exact) mass is 229 g/mol. The predicted octanol–water partition coefficient (Wildman–Crippen LogP) is 0.0153. The maximum absolute atomic E-state index is 11.2. The normalized spacial score (nSPS) is 10.6. The van der Waals surface area contributed by atoms with Gasteiger partial charge >= 0.3 is 0 Å². The molecular formula is C11H23N3O2. The van der Waals surface area contributed by atoms with Crippen LogP contribution in [0, 0.1) is 0 Å². The lowest BCUT2D eigenvalue weighted by Crippen LogP contribution is -2.39. The summed E-state index contributed by atoms with van der Waals surface area (Å²) in [5.74, 6) is -0.113. The summed E-state index contributed by atoms with van der Waals surface area (Å²) in [6.45, 7) is 8.44. The van der Waals surface area contributed by atoms with Crippen molar-refractivity contribution in [3.8, 4) is 0 Å². The van der Waals surface area contributed by atoms with E-state index in [0.29, 0.717) is 19.5 Å². The lowest BCUT2D eigenvalue weighted by molar-refractivity contribution is -0.122. The largest absolute Gasteiger partial charge is 0.354 e. The Kier molecular flexibility index (Phi) is 7.54. The summed E-state index contributed by atoms with van der Waals surface area (Å²) in [5.41, 5.74) is 0. The van der Waals surface area contributed by atoms with Crippen molar-refractivity contribution in [3.05, 3.63) is 0 Å². The fourth-order valence-corrected chi connectivity index (χ4v) is 1.07. The van der Waals surface area contributed by atoms with Gasteiger partial charge in [0.15, 0.2) is 0 Å². The van der Waals surface area contributed by atoms with E-state index in [4.69, 9.17) is 0 Å². The predicted molar refractivity (Wildman–Crippen MR) is 64.0 cm³/mol. The number of hydrogen-bond acceptors (Lipinski definition) is 3. The van der Waals surface area contributed by atoms with E-state index in [-0.39, 0.29) is 23.9 Å². The third-order valence-corrected chi connectivity index (χ3v) is 1.79. The van der Waals surface area contributed by atoms with Crippen LogP contribution in [0.2, 0.25) is 0 Å². The minimum atomic E-state index is -0.0777. The van der Waals surface area contributed by atoms with Crippen LogP contribution in [0.25, 0.3) is 0 Å². The first kappa shape index (κ1) is 14.9. The van der Waals surface area contributed by atoms with Crippen molar-refractivity contribution in [3.63, 3.8) is 0 Å². The lowest BCUT2D eigenvalue weighted by atomic mass is 10.3. The summed E-state index contributed by atoms with van der Waals surface area (Å²) < 4.78 is 0. The lowest BCUT2D eigenvalue weighted by Gasteiger charge is -2.10. The fourth-order valence-electron chi connectivity index (χ4n) is 1.07. The minimum absolute atomic E-state index is 0.0351. The van der Waals surface area contributed by atoms with Gasteiger partial charge < -0.3 is 16.0 Å². The van der Waals surface area contributed by atoms with Gasteiger partial charge in [-0.05, 0) is 13.8 Å². The van der Waals surface area contributed by atoms with Crippen molar-refractivity contribution in [2.75, 3.05) is 13.1 Å². The van der Waals surface area contributed by atoms with E-state index in [2.05, 4.69) is 16.0 Å². The van der Waals surface area contributed by atoms with E-state index in [1.54, 1.807) is 0 Å². The smallest absolute Gasteiger partial charge is 0.233 e. The topological polar surface area (TPSA) is 70.2 Å². The molecule has 16 heavy (non-hydrogen) atoms. The molecule has 0 unspecified atom stereocenters. The molecule has 0 aliphatic carbocycles. The summed E-state index contributed by atoms with van der Waals surface area (Å²) >= 11 is 0. The molecule has 0 saturated carbocycles. The van der Waals surface area contributed by atoms with Crippen molar-refractivity contribution < 1.29 is 9.59 Å². The Bertz CT molecular complexity index is 227. The zero-order valence-electron chi connectivity index (χ0n) is 10.6. The molecule has 0 aliphatic heterocycles. The molecule has 0 rings (SSSR count). The molecule has 0 radical (unpaired) electrons. The summed E-state index contributed by atoms with van der Waals surface area (Å²) in [5, 5.41) is 8.44. The number of carbonyl (C=O) groups excluding carboxylic acids is 2. The second kappa shape index (κ2) is 8.10. The van der Waals surface area contributed by atoms with Crippen LogP contribution in [-0.2, 0) is 9.59 Å². The molecule has 5 nitrogen and oxygen atoms in total. The number of rotatable bonds is 7. The third kappa shape index (κ3) is 9.45. The molecule has 94 valence electrons. The Labute approximate surface area is 97.4 Å². The molecule has 2 amide bonds. The van der Waals surface area contributed by atoms with Crippen LogP contribution in [0.1, 0.15) is 34.1 Å². The van der Waals surface area contributed by atoms with Crippen LogP contribution in [0.15, 0.2) is 0 Å². The molecule has 0 atom stereocenters. The van der Waals surface area contributed by atoms with E-state index < -0.39 is 0 Å². The first-order valence-electron chi connectivity index (χ1n) is 5.71. The van der Waals surface area contributed by atoms with Gasteiger partial charge in [0.25, 0.3) is 0 Å². The zero-order valence-corrected chi connectivity index (χ0v) is 10.6. The standard InChI is InChI=1S/C11H23N3O2/c1-8(2)13-7-11(16)12-6-5-10(15)14-9(3)4/h8-9,13H,5-7H2,1-4H3,(H,12,16)(H,14,15). The first-order chi connectivity index (χ1) is 7.41. The highest BCUT2D eigenvalue weighted by atomic mass is 16.2. The number of amides is 2. The van der Waals surface area contributed by atoms with Gasteiger partial charge in [0, 0.05) is 25.0 Å². The Morgan fingerprint density at radius 3 is 2.12 bits per heavy atom. The van der Waals surface area contributed by atoms with Gasteiger partial charge in [-0.1, -0.05) is 13.8 Å². The Morgan fingerprint density at radius 2 is 1.62 bits per heavy atom. The van der Waals surface area contributed by atoms with E-state index in [1.807, 2.05) is 27.7 Å². The Hall–Kier alpha value is -1.10. The number of hydrogen-bond donors (Lipinski definition) is 3. The quantitative estimate of drug-likeness (QED) is 0.576. The molecular weight excluding hydrogens is 206 g/mol. The van der Waals surface area contributed by atoms with E-state index in [0.717, 1.165) is 0 Å². The van der Waals surface area contributed by atoms with Crippen LogP contribution < -0.4 is 16.0 Å². The van der Waals surface area contributed by atoms with Crippen molar-refractivity contribution in [2.24, 2.45) is 0 Å². The molecule has 0 saturated heterocycles. The summed E-state index contributed by atoms with van der Waals surface area (Å²) in [7, 11) is 0. The molecule has 0 aromatic rings. The molecule has 0 aliphatic rings. The van der Waals surface area contributed by atoms with Crippen LogP contribution >= 0.6 is 0 Å². The molecule has 5 heteroatoms. The van der Waals surface area contributed by atoms with Gasteiger partial charge in [0.05, 0.1) is 6.54 Å². The molecule has 0 bridgehead atoms. The van der Waals surface area contributed by atoms with Crippen LogP contribution in [-0.4, -0.2) is 37.0 Å². The van der Waals surface area contributed by atoms with Gasteiger partial charge in [-0.15, -0.1) is 0 Å². The maximum atomic E-state index is 11.2. The average molecular weight is 229 g/mol. The van der Waals surface area contributed by atoms with E-state index in [9.17, 15) is 9.59 Å². The molecule has 0 aromatic carbocycles. The second-order valence-electron chi connectivity index (χ2n) is 4.36. The summed E-state index contributed by atoms with van der Waals surface area (Å²) in [4.78, 5) is 22.5. The highest BCUT2D eigenvalue weighted by molar-refractivity contribution is 5.80. The van der Waals surface area contributed by atoms with Gasteiger partial charge in [-0.3, -0.25) is 9.59 Å². The number of nitrogens with one attached hydrogen (secondary N) is 3. The Morgan fingerprint density at radius 1 is 1.00 bits per heavy atom. The van der Waals surface area contributed by atoms with Crippen molar-refractivity contribution in [2.45, 2.75) is 46.2 Å². The highest BCUT2D eigenvalue weighted by Crippen LogP contribution is 1.82. The van der Waals surface area contributed by atoms with E-state index >= 15 is 0 Å². The minimum Gasteiger partial charge on any atom is -0.354 e. The second-order valence-corrected chi connectivity index (χ2v) is 4.36. The van der Waals surface area contributed by atoms with Gasteiger partial charge in [0.2, 0.25) is 11.8 Å². The number of carbonyl (C=O) groups is 2. The molecule has 3 N–H and O–H groups in total. The van der Waals surface area contributed by atoms with Crippen LogP contribution in [0.3, 0.4) is 0 Å². The average Bonchev–Trinajstić information content (AvgIpc) is 2.13. The van der Waals surface area contributed by atoms with Gasteiger partial charge in [0.1, 0.15) is 0 Å². The fraction of sp³-hybridized carbons (Fsp3) is 0.818. The summed E-state index contributed by atoms with van der Waals surface area (Å²) in [6, 6.07) is 0.431. The summed E-state index contributed by atoms with van der Waals surface area (Å²) in [6.07, 6.45) is 0.325. The van der Waals surface area contributed by atoms with Crippen molar-refractivity contribution in [1.29, 1.82) is 0 Å². The Balaban J connectivity index is 3.50. The van der Waals surface area contributed by atoms with Crippen molar-refractivity contribution >= 4 is 11.8 Å². The molecule has 0 aromatic heterocycles. The first-order valence-corrected chi connectivity index (χ1v) is 5.71. The van der Waals surface area contributed by atoms with E-state index in [1.165, 1.54) is 0 Å². The third-order valence-electron chi connectivity index (χ3n) is 1.79. The van der Waals surface area contributed by atoms with Crippen LogP contribution in [0.4, 0.5) is 0 Å². The molecule has 0 heterocycles. The van der Waals surface area contributed by atoms with Gasteiger partial charge in [-0.2, -0.15) is 0 Å². The maximum Gasteiger partial charge on any atom is 0.233 e. The van der Waals surface area contributed by atoms with Crippen LogP contribution in [0.5, 0.6) is 0 Å². The van der Waals surface area contributed by atoms with Crippen molar-refractivity contribution in [1.82, 2.24) is 16.0 Å². The molecule has 0 spiro atoms. The SMILES string of the molecule is CC(C)NCC(=O)NCCC(=O)NC(C)C. The zero-order chi connectivity index (χ0) is 12.6.